The van der Waals surface area contributed by atoms with Gasteiger partial charge in [0.1, 0.15) is 11.9 Å². The van der Waals surface area contributed by atoms with E-state index in [9.17, 15) is 5.11 Å². The SMILES string of the molecule is Cc1nccc2cc(-c3ccc(O[C@H]4CC5CC[C@H](C4)N5)nn3)c(O)cc12. The zero-order valence-electron chi connectivity index (χ0n) is 15.2. The van der Waals surface area contributed by atoms with Gasteiger partial charge in [0.05, 0.1) is 5.69 Å². The minimum Gasteiger partial charge on any atom is -0.507 e. The third kappa shape index (κ3) is 3.10. The number of fused-ring (bicyclic) bond motifs is 3. The first-order valence-corrected chi connectivity index (χ1v) is 9.51. The molecule has 0 spiro atoms. The fourth-order valence-corrected chi connectivity index (χ4v) is 4.36. The number of aromatic nitrogens is 3. The third-order valence-electron chi connectivity index (χ3n) is 5.71. The molecule has 2 N–H and O–H groups in total. The lowest BCUT2D eigenvalue weighted by atomic mass is 10.0. The lowest BCUT2D eigenvalue weighted by Gasteiger charge is -2.28. The predicted molar refractivity (Wildman–Crippen MR) is 103 cm³/mol. The summed E-state index contributed by atoms with van der Waals surface area (Å²) < 4.78 is 6.06. The van der Waals surface area contributed by atoms with E-state index >= 15 is 0 Å². The van der Waals surface area contributed by atoms with E-state index in [4.69, 9.17) is 4.74 Å². The number of aromatic hydroxyl groups is 1. The Morgan fingerprint density at radius 3 is 2.63 bits per heavy atom. The molecule has 138 valence electrons. The number of nitrogens with one attached hydrogen (secondary N) is 1. The first-order chi connectivity index (χ1) is 13.2. The van der Waals surface area contributed by atoms with E-state index in [1.807, 2.05) is 31.2 Å². The van der Waals surface area contributed by atoms with Crippen LogP contribution in [0.1, 0.15) is 31.4 Å². The van der Waals surface area contributed by atoms with E-state index in [-0.39, 0.29) is 11.9 Å². The minimum atomic E-state index is 0.177. The van der Waals surface area contributed by atoms with Crippen molar-refractivity contribution in [1.82, 2.24) is 20.5 Å². The van der Waals surface area contributed by atoms with Crippen LogP contribution in [0.3, 0.4) is 0 Å². The number of phenolic OH excluding ortho intramolecular Hbond substituents is 1. The number of hydrogen-bond acceptors (Lipinski definition) is 6. The van der Waals surface area contributed by atoms with Gasteiger partial charge in [-0.15, -0.1) is 10.2 Å². The van der Waals surface area contributed by atoms with Gasteiger partial charge in [-0.05, 0) is 62.3 Å². The van der Waals surface area contributed by atoms with E-state index in [2.05, 4.69) is 20.5 Å². The topological polar surface area (TPSA) is 80.2 Å². The van der Waals surface area contributed by atoms with Crippen molar-refractivity contribution < 1.29 is 9.84 Å². The molecular weight excluding hydrogens is 340 g/mol. The Morgan fingerprint density at radius 2 is 1.89 bits per heavy atom. The van der Waals surface area contributed by atoms with Crippen LogP contribution in [0, 0.1) is 6.92 Å². The molecule has 3 aromatic rings. The maximum atomic E-state index is 10.4. The van der Waals surface area contributed by atoms with Crippen molar-refractivity contribution in [3.63, 3.8) is 0 Å². The van der Waals surface area contributed by atoms with E-state index in [0.29, 0.717) is 29.2 Å². The average molecular weight is 362 g/mol. The van der Waals surface area contributed by atoms with E-state index < -0.39 is 0 Å². The molecule has 2 aliphatic rings. The molecule has 2 aliphatic heterocycles. The Hall–Kier alpha value is -2.73. The molecule has 0 aliphatic carbocycles. The summed E-state index contributed by atoms with van der Waals surface area (Å²) in [6.45, 7) is 1.93. The Balaban J connectivity index is 1.38. The molecular formula is C21H22N4O2. The maximum Gasteiger partial charge on any atom is 0.233 e. The summed E-state index contributed by atoms with van der Waals surface area (Å²) in [6.07, 6.45) is 6.51. The van der Waals surface area contributed by atoms with Crippen molar-refractivity contribution in [1.29, 1.82) is 0 Å². The number of piperidine rings is 1. The molecule has 2 saturated heterocycles. The molecule has 2 bridgehead atoms. The van der Waals surface area contributed by atoms with Crippen molar-refractivity contribution in [2.45, 2.75) is 50.8 Å². The molecule has 3 atom stereocenters. The summed E-state index contributed by atoms with van der Waals surface area (Å²) in [7, 11) is 0. The van der Waals surface area contributed by atoms with Gasteiger partial charge in [0.15, 0.2) is 0 Å². The highest BCUT2D eigenvalue weighted by Crippen LogP contribution is 2.34. The quantitative estimate of drug-likeness (QED) is 0.744. The molecule has 27 heavy (non-hydrogen) atoms. The Bertz CT molecular complexity index is 977. The number of rotatable bonds is 3. The van der Waals surface area contributed by atoms with Gasteiger partial charge in [-0.2, -0.15) is 0 Å². The van der Waals surface area contributed by atoms with Crippen LogP contribution in [0.15, 0.2) is 36.5 Å². The zero-order chi connectivity index (χ0) is 18.4. The molecule has 2 fully saturated rings. The summed E-state index contributed by atoms with van der Waals surface area (Å²) >= 11 is 0. The van der Waals surface area contributed by atoms with Crippen LogP contribution in [0.5, 0.6) is 11.6 Å². The lowest BCUT2D eigenvalue weighted by Crippen LogP contribution is -2.42. The Morgan fingerprint density at radius 1 is 1.07 bits per heavy atom. The van der Waals surface area contributed by atoms with Crippen LogP contribution in [-0.4, -0.2) is 38.5 Å². The number of pyridine rings is 1. The molecule has 2 aromatic heterocycles. The molecule has 0 radical (unpaired) electrons. The number of benzene rings is 1. The van der Waals surface area contributed by atoms with E-state index in [1.54, 1.807) is 12.3 Å². The fraction of sp³-hybridized carbons (Fsp3) is 0.381. The highest BCUT2D eigenvalue weighted by Gasteiger charge is 2.34. The molecule has 1 unspecified atom stereocenters. The van der Waals surface area contributed by atoms with Crippen LogP contribution in [0.25, 0.3) is 22.0 Å². The molecule has 6 nitrogen and oxygen atoms in total. The van der Waals surface area contributed by atoms with Crippen molar-refractivity contribution >= 4 is 10.8 Å². The monoisotopic (exact) mass is 362 g/mol. The van der Waals surface area contributed by atoms with Crippen molar-refractivity contribution in [2.75, 3.05) is 0 Å². The van der Waals surface area contributed by atoms with Gasteiger partial charge < -0.3 is 15.2 Å². The second kappa shape index (κ2) is 6.46. The molecule has 0 saturated carbocycles. The summed E-state index contributed by atoms with van der Waals surface area (Å²) in [4.78, 5) is 4.27. The lowest BCUT2D eigenvalue weighted by molar-refractivity contribution is 0.130. The fourth-order valence-electron chi connectivity index (χ4n) is 4.36. The summed E-state index contributed by atoms with van der Waals surface area (Å²) in [6, 6.07) is 10.4. The molecule has 6 heteroatoms. The van der Waals surface area contributed by atoms with Gasteiger partial charge in [0.25, 0.3) is 0 Å². The highest BCUT2D eigenvalue weighted by molar-refractivity contribution is 5.91. The second-order valence-corrected chi connectivity index (χ2v) is 7.59. The van der Waals surface area contributed by atoms with Crippen LogP contribution < -0.4 is 10.1 Å². The van der Waals surface area contributed by atoms with Crippen LogP contribution >= 0.6 is 0 Å². The predicted octanol–water partition coefficient (Wildman–Crippen LogP) is 3.37. The van der Waals surface area contributed by atoms with E-state index in [0.717, 1.165) is 29.3 Å². The molecule has 1 aromatic carbocycles. The Kier molecular flexibility index (Phi) is 3.93. The standard InChI is InChI=1S/C21H22N4O2/c1-12-17-11-20(26)18(8-13(17)6-7-22-12)19-4-5-21(25-24-19)27-16-9-14-2-3-15(10-16)23-14/h4-8,11,14-16,23,26H,2-3,9-10H2,1H3/t14-,15?,16-/m1/s1. The number of nitrogens with zero attached hydrogens (tertiary/aromatic N) is 3. The summed E-state index contributed by atoms with van der Waals surface area (Å²) in [5.41, 5.74) is 2.17. The van der Waals surface area contributed by atoms with E-state index in [1.165, 1.54) is 12.8 Å². The van der Waals surface area contributed by atoms with Gasteiger partial charge in [-0.25, -0.2) is 0 Å². The largest absolute Gasteiger partial charge is 0.507 e. The number of phenols is 1. The van der Waals surface area contributed by atoms with Gasteiger partial charge in [-0.3, -0.25) is 4.98 Å². The minimum absolute atomic E-state index is 0.177. The first kappa shape index (κ1) is 16.4. The zero-order valence-corrected chi connectivity index (χ0v) is 15.2. The third-order valence-corrected chi connectivity index (χ3v) is 5.71. The van der Waals surface area contributed by atoms with Crippen molar-refractivity contribution in [3.05, 3.63) is 42.2 Å². The highest BCUT2D eigenvalue weighted by atomic mass is 16.5. The summed E-state index contributed by atoms with van der Waals surface area (Å²) in [5.74, 6) is 0.724. The van der Waals surface area contributed by atoms with Gasteiger partial charge in [0.2, 0.25) is 5.88 Å². The van der Waals surface area contributed by atoms with Crippen molar-refractivity contribution in [2.24, 2.45) is 0 Å². The first-order valence-electron chi connectivity index (χ1n) is 9.51. The number of hydrogen-bond donors (Lipinski definition) is 2. The second-order valence-electron chi connectivity index (χ2n) is 7.59. The number of aryl methyl sites for hydroxylation is 1. The summed E-state index contributed by atoms with van der Waals surface area (Å²) in [5, 5.41) is 24.5. The molecule has 0 amide bonds. The normalized spacial score (nSPS) is 24.3. The van der Waals surface area contributed by atoms with Crippen LogP contribution in [-0.2, 0) is 0 Å². The smallest absolute Gasteiger partial charge is 0.233 e. The van der Waals surface area contributed by atoms with Gasteiger partial charge >= 0.3 is 0 Å². The van der Waals surface area contributed by atoms with Crippen LogP contribution in [0.4, 0.5) is 0 Å². The average Bonchev–Trinajstić information content (AvgIpc) is 3.01. The molecule has 4 heterocycles. The molecule has 5 rings (SSSR count). The Labute approximate surface area is 157 Å². The number of ether oxygens (including phenoxy) is 1. The van der Waals surface area contributed by atoms with Gasteiger partial charge in [-0.1, -0.05) is 0 Å². The van der Waals surface area contributed by atoms with Crippen LogP contribution in [0.2, 0.25) is 0 Å². The van der Waals surface area contributed by atoms with Gasteiger partial charge in [0, 0.05) is 41.0 Å². The van der Waals surface area contributed by atoms with Crippen molar-refractivity contribution in [3.8, 4) is 22.9 Å². The maximum absolute atomic E-state index is 10.4.